The van der Waals surface area contributed by atoms with Crippen molar-refractivity contribution in [1.82, 2.24) is 15.1 Å². The maximum Gasteiger partial charge on any atom is 0.222 e. The van der Waals surface area contributed by atoms with Crippen LogP contribution in [0, 0.1) is 0 Å². The van der Waals surface area contributed by atoms with Gasteiger partial charge in [0.1, 0.15) is 5.75 Å². The Morgan fingerprint density at radius 1 is 1.38 bits per heavy atom. The number of hydrogen-bond acceptors (Lipinski definition) is 3. The SMILES string of the molecule is O=C(CCn1cccn1)N[C@@H]1CCCOc2ccccc21. The highest BCUT2D eigenvalue weighted by atomic mass is 16.5. The predicted molar refractivity (Wildman–Crippen MR) is 78.9 cm³/mol. The quantitative estimate of drug-likeness (QED) is 0.937. The second-order valence-electron chi connectivity index (χ2n) is 5.17. The van der Waals surface area contributed by atoms with Crippen LogP contribution in [0.4, 0.5) is 0 Å². The molecule has 0 unspecified atom stereocenters. The second-order valence-corrected chi connectivity index (χ2v) is 5.17. The van der Waals surface area contributed by atoms with E-state index in [0.29, 0.717) is 19.6 Å². The monoisotopic (exact) mass is 285 g/mol. The molecule has 110 valence electrons. The molecule has 1 N–H and O–H groups in total. The van der Waals surface area contributed by atoms with E-state index in [0.717, 1.165) is 24.2 Å². The molecule has 1 aliphatic rings. The molecular weight excluding hydrogens is 266 g/mol. The highest BCUT2D eigenvalue weighted by molar-refractivity contribution is 5.76. The average Bonchev–Trinajstić information content (AvgIpc) is 2.94. The van der Waals surface area contributed by atoms with E-state index >= 15 is 0 Å². The molecule has 5 nitrogen and oxygen atoms in total. The maximum atomic E-state index is 12.1. The van der Waals surface area contributed by atoms with Gasteiger partial charge >= 0.3 is 0 Å². The number of para-hydroxylation sites is 1. The minimum atomic E-state index is 0.0359. The van der Waals surface area contributed by atoms with Gasteiger partial charge in [0.2, 0.25) is 5.91 Å². The Hall–Kier alpha value is -2.30. The third-order valence-corrected chi connectivity index (χ3v) is 3.65. The number of benzene rings is 1. The highest BCUT2D eigenvalue weighted by Gasteiger charge is 2.20. The summed E-state index contributed by atoms with van der Waals surface area (Å²) in [6, 6.07) is 9.82. The van der Waals surface area contributed by atoms with E-state index in [-0.39, 0.29) is 11.9 Å². The Kier molecular flexibility index (Phi) is 4.19. The topological polar surface area (TPSA) is 56.2 Å². The number of aryl methyl sites for hydroxylation is 1. The Labute approximate surface area is 123 Å². The Morgan fingerprint density at radius 2 is 2.29 bits per heavy atom. The molecule has 2 heterocycles. The van der Waals surface area contributed by atoms with Crippen molar-refractivity contribution in [2.75, 3.05) is 6.61 Å². The van der Waals surface area contributed by atoms with Gasteiger partial charge in [-0.25, -0.2) is 0 Å². The van der Waals surface area contributed by atoms with Crippen LogP contribution in [0.25, 0.3) is 0 Å². The van der Waals surface area contributed by atoms with E-state index in [1.807, 2.05) is 36.5 Å². The van der Waals surface area contributed by atoms with Crippen molar-refractivity contribution < 1.29 is 9.53 Å². The first-order valence-corrected chi connectivity index (χ1v) is 7.31. The van der Waals surface area contributed by atoms with Gasteiger partial charge in [-0.3, -0.25) is 9.48 Å². The van der Waals surface area contributed by atoms with Crippen LogP contribution in [-0.4, -0.2) is 22.3 Å². The molecule has 2 aromatic rings. The van der Waals surface area contributed by atoms with Crippen molar-refractivity contribution >= 4 is 5.91 Å². The van der Waals surface area contributed by atoms with Gasteiger partial charge in [-0.15, -0.1) is 0 Å². The summed E-state index contributed by atoms with van der Waals surface area (Å²) in [4.78, 5) is 12.1. The van der Waals surface area contributed by atoms with Gasteiger partial charge in [0.05, 0.1) is 12.6 Å². The molecule has 1 atom stereocenters. The number of carbonyl (C=O) groups is 1. The lowest BCUT2D eigenvalue weighted by Gasteiger charge is -2.18. The molecule has 0 bridgehead atoms. The molecule has 5 heteroatoms. The Morgan fingerprint density at radius 3 is 3.14 bits per heavy atom. The first kappa shape index (κ1) is 13.7. The van der Waals surface area contributed by atoms with Crippen LogP contribution in [0.1, 0.15) is 30.9 Å². The lowest BCUT2D eigenvalue weighted by Crippen LogP contribution is -2.29. The third-order valence-electron chi connectivity index (χ3n) is 3.65. The molecule has 21 heavy (non-hydrogen) atoms. The van der Waals surface area contributed by atoms with Crippen LogP contribution in [0.3, 0.4) is 0 Å². The van der Waals surface area contributed by atoms with E-state index in [2.05, 4.69) is 10.4 Å². The van der Waals surface area contributed by atoms with Crippen molar-refractivity contribution in [3.8, 4) is 5.75 Å². The lowest BCUT2D eigenvalue weighted by molar-refractivity contribution is -0.122. The Bertz CT molecular complexity index is 595. The molecule has 0 saturated heterocycles. The summed E-state index contributed by atoms with van der Waals surface area (Å²) in [6.45, 7) is 1.31. The van der Waals surface area contributed by atoms with Gasteiger partial charge in [-0.1, -0.05) is 18.2 Å². The lowest BCUT2D eigenvalue weighted by atomic mass is 10.0. The number of amides is 1. The molecule has 0 fully saturated rings. The van der Waals surface area contributed by atoms with Crippen molar-refractivity contribution in [2.24, 2.45) is 0 Å². The smallest absolute Gasteiger partial charge is 0.222 e. The summed E-state index contributed by atoms with van der Waals surface area (Å²) < 4.78 is 7.48. The number of fused-ring (bicyclic) bond motifs is 1. The highest BCUT2D eigenvalue weighted by Crippen LogP contribution is 2.31. The molecule has 1 aromatic carbocycles. The fourth-order valence-electron chi connectivity index (χ4n) is 2.59. The summed E-state index contributed by atoms with van der Waals surface area (Å²) in [5.41, 5.74) is 1.07. The first-order valence-electron chi connectivity index (χ1n) is 7.31. The summed E-state index contributed by atoms with van der Waals surface area (Å²) in [5.74, 6) is 0.930. The van der Waals surface area contributed by atoms with Crippen LogP contribution >= 0.6 is 0 Å². The standard InChI is InChI=1S/C16H19N3O2/c20-16(8-11-19-10-4-9-17-19)18-14-6-3-12-21-15-7-2-1-5-13(14)15/h1-2,4-5,7,9-10,14H,3,6,8,11-12H2,(H,18,20)/t14-/m1/s1. The van der Waals surface area contributed by atoms with Gasteiger partial charge in [0, 0.05) is 30.9 Å². The summed E-state index contributed by atoms with van der Waals surface area (Å²) in [5, 5.41) is 7.22. The zero-order chi connectivity index (χ0) is 14.5. The van der Waals surface area contributed by atoms with Gasteiger partial charge in [0.25, 0.3) is 0 Å². The zero-order valence-corrected chi connectivity index (χ0v) is 11.9. The van der Waals surface area contributed by atoms with Crippen molar-refractivity contribution in [2.45, 2.75) is 31.8 Å². The third kappa shape index (κ3) is 3.42. The van der Waals surface area contributed by atoms with Crippen molar-refractivity contribution in [3.05, 3.63) is 48.3 Å². The number of rotatable bonds is 4. The zero-order valence-electron chi connectivity index (χ0n) is 11.9. The molecule has 0 radical (unpaired) electrons. The Balaban J connectivity index is 1.62. The molecular formula is C16H19N3O2. The van der Waals surface area contributed by atoms with Crippen LogP contribution in [-0.2, 0) is 11.3 Å². The van der Waals surface area contributed by atoms with E-state index < -0.39 is 0 Å². The van der Waals surface area contributed by atoms with E-state index in [4.69, 9.17) is 4.74 Å². The number of aromatic nitrogens is 2. The number of nitrogens with zero attached hydrogens (tertiary/aromatic N) is 2. The van der Waals surface area contributed by atoms with E-state index in [1.165, 1.54) is 0 Å². The van der Waals surface area contributed by atoms with Crippen LogP contribution in [0.5, 0.6) is 5.75 Å². The van der Waals surface area contributed by atoms with Gasteiger partial charge < -0.3 is 10.1 Å². The normalized spacial score (nSPS) is 17.4. The van der Waals surface area contributed by atoms with E-state index in [9.17, 15) is 4.79 Å². The number of hydrogen-bond donors (Lipinski definition) is 1. The average molecular weight is 285 g/mol. The van der Waals surface area contributed by atoms with Gasteiger partial charge in [0.15, 0.2) is 0 Å². The largest absolute Gasteiger partial charge is 0.493 e. The van der Waals surface area contributed by atoms with E-state index in [1.54, 1.807) is 10.9 Å². The van der Waals surface area contributed by atoms with Crippen LogP contribution in [0.15, 0.2) is 42.7 Å². The molecule has 1 aromatic heterocycles. The predicted octanol–water partition coefficient (Wildman–Crippen LogP) is 2.30. The number of carbonyl (C=O) groups excluding carboxylic acids is 1. The van der Waals surface area contributed by atoms with Gasteiger partial charge in [-0.2, -0.15) is 5.10 Å². The maximum absolute atomic E-state index is 12.1. The number of ether oxygens (including phenoxy) is 1. The summed E-state index contributed by atoms with van der Waals surface area (Å²) in [7, 11) is 0. The van der Waals surface area contributed by atoms with Gasteiger partial charge in [-0.05, 0) is 25.0 Å². The summed E-state index contributed by atoms with van der Waals surface area (Å²) >= 11 is 0. The minimum Gasteiger partial charge on any atom is -0.493 e. The molecule has 1 aliphatic heterocycles. The molecule has 0 spiro atoms. The number of nitrogens with one attached hydrogen (secondary N) is 1. The molecule has 0 aliphatic carbocycles. The van der Waals surface area contributed by atoms with Crippen molar-refractivity contribution in [1.29, 1.82) is 0 Å². The first-order chi connectivity index (χ1) is 10.3. The van der Waals surface area contributed by atoms with Crippen molar-refractivity contribution in [3.63, 3.8) is 0 Å². The molecule has 3 rings (SSSR count). The fraction of sp³-hybridized carbons (Fsp3) is 0.375. The summed E-state index contributed by atoms with van der Waals surface area (Å²) in [6.07, 6.45) is 5.86. The van der Waals surface area contributed by atoms with Crippen LogP contribution in [0.2, 0.25) is 0 Å². The molecule has 0 saturated carbocycles. The fourth-order valence-corrected chi connectivity index (χ4v) is 2.59. The molecule has 1 amide bonds. The minimum absolute atomic E-state index is 0.0359. The second kappa shape index (κ2) is 6.43. The van der Waals surface area contributed by atoms with Crippen LogP contribution < -0.4 is 10.1 Å².